The number of hydrogen-bond donors (Lipinski definition) is 1. The van der Waals surface area contributed by atoms with Crippen molar-refractivity contribution in [2.45, 2.75) is 12.8 Å². The predicted octanol–water partition coefficient (Wildman–Crippen LogP) is 2.39. The van der Waals surface area contributed by atoms with Gasteiger partial charge in [0, 0.05) is 24.7 Å². The number of benzene rings is 2. The Morgan fingerprint density at radius 3 is 2.47 bits per heavy atom. The molecule has 0 fully saturated rings. The molecule has 9 nitrogen and oxygen atoms in total. The molecule has 0 unspecified atom stereocenters. The Balaban J connectivity index is 1.57. The van der Waals surface area contributed by atoms with E-state index in [1.807, 2.05) is 0 Å². The van der Waals surface area contributed by atoms with E-state index in [-0.39, 0.29) is 25.7 Å². The summed E-state index contributed by atoms with van der Waals surface area (Å²) in [5.41, 5.74) is 1.35. The Hall–Kier alpha value is -3.27. The van der Waals surface area contributed by atoms with Crippen LogP contribution in [0, 0.1) is 0 Å². The maximum atomic E-state index is 12.2. The summed E-state index contributed by atoms with van der Waals surface area (Å²) in [6.07, 6.45) is 1.55. The molecule has 2 aromatic rings. The van der Waals surface area contributed by atoms with Crippen molar-refractivity contribution >= 4 is 33.3 Å². The lowest BCUT2D eigenvalue weighted by molar-refractivity contribution is -0.116. The molecular weight excluding hydrogens is 412 g/mol. The number of anilines is 2. The molecule has 0 atom stereocenters. The van der Waals surface area contributed by atoms with Gasteiger partial charge in [-0.25, -0.2) is 13.2 Å². The van der Waals surface area contributed by atoms with Crippen molar-refractivity contribution in [1.29, 1.82) is 0 Å². The van der Waals surface area contributed by atoms with Gasteiger partial charge in [0.15, 0.2) is 11.5 Å². The number of rotatable bonds is 8. The number of nitrogens with zero attached hydrogens (tertiary/aromatic N) is 1. The number of nitrogens with one attached hydrogen (secondary N) is 1. The SMILES string of the molecule is COC(=O)c1ccc(NC(=O)CCCN(c2ccc3c(c2)OCO3)S(C)(=O)=O)cc1. The Morgan fingerprint density at radius 2 is 1.80 bits per heavy atom. The summed E-state index contributed by atoms with van der Waals surface area (Å²) >= 11 is 0. The number of ether oxygens (including phenoxy) is 3. The lowest BCUT2D eigenvalue weighted by Crippen LogP contribution is -2.31. The van der Waals surface area contributed by atoms with Crippen molar-refractivity contribution in [2.24, 2.45) is 0 Å². The molecule has 1 heterocycles. The average Bonchev–Trinajstić information content (AvgIpc) is 3.18. The molecule has 0 radical (unpaired) electrons. The zero-order valence-corrected chi connectivity index (χ0v) is 17.4. The summed E-state index contributed by atoms with van der Waals surface area (Å²) < 4.78 is 40.9. The third kappa shape index (κ3) is 5.20. The number of esters is 1. The van der Waals surface area contributed by atoms with E-state index in [0.29, 0.717) is 34.9 Å². The molecule has 0 aliphatic carbocycles. The largest absolute Gasteiger partial charge is 0.465 e. The van der Waals surface area contributed by atoms with E-state index in [9.17, 15) is 18.0 Å². The van der Waals surface area contributed by atoms with Gasteiger partial charge >= 0.3 is 5.97 Å². The highest BCUT2D eigenvalue weighted by Gasteiger charge is 2.21. The molecule has 0 saturated carbocycles. The minimum Gasteiger partial charge on any atom is -0.465 e. The third-order valence-corrected chi connectivity index (χ3v) is 5.59. The molecule has 3 rings (SSSR count). The molecule has 160 valence electrons. The molecular formula is C20H22N2O7S. The predicted molar refractivity (Wildman–Crippen MR) is 110 cm³/mol. The first kappa shape index (κ1) is 21.4. The van der Waals surface area contributed by atoms with Crippen LogP contribution < -0.4 is 19.1 Å². The number of methoxy groups -OCH3 is 1. The summed E-state index contributed by atoms with van der Waals surface area (Å²) in [7, 11) is -2.25. The van der Waals surface area contributed by atoms with Crippen LogP contribution >= 0.6 is 0 Å². The topological polar surface area (TPSA) is 111 Å². The van der Waals surface area contributed by atoms with Gasteiger partial charge in [-0.1, -0.05) is 0 Å². The Labute approximate surface area is 174 Å². The van der Waals surface area contributed by atoms with Gasteiger partial charge in [-0.15, -0.1) is 0 Å². The molecule has 1 aliphatic heterocycles. The summed E-state index contributed by atoms with van der Waals surface area (Å²) in [6.45, 7) is 0.228. The summed E-state index contributed by atoms with van der Waals surface area (Å²) in [4.78, 5) is 23.6. The van der Waals surface area contributed by atoms with E-state index in [4.69, 9.17) is 9.47 Å². The minimum absolute atomic E-state index is 0.0957. The quantitative estimate of drug-likeness (QED) is 0.635. The van der Waals surface area contributed by atoms with Gasteiger partial charge in [0.1, 0.15) is 0 Å². The van der Waals surface area contributed by atoms with E-state index in [0.717, 1.165) is 6.26 Å². The highest BCUT2D eigenvalue weighted by Crippen LogP contribution is 2.36. The van der Waals surface area contributed by atoms with E-state index in [1.54, 1.807) is 42.5 Å². The number of hydrogen-bond acceptors (Lipinski definition) is 7. The van der Waals surface area contributed by atoms with Crippen LogP contribution in [0.3, 0.4) is 0 Å². The summed E-state index contributed by atoms with van der Waals surface area (Å²) in [5, 5.41) is 2.72. The molecule has 10 heteroatoms. The van der Waals surface area contributed by atoms with Crippen LogP contribution in [0.15, 0.2) is 42.5 Å². The fraction of sp³-hybridized carbons (Fsp3) is 0.300. The zero-order valence-electron chi connectivity index (χ0n) is 16.6. The first-order chi connectivity index (χ1) is 14.3. The summed E-state index contributed by atoms with van der Waals surface area (Å²) in [6, 6.07) is 11.2. The minimum atomic E-state index is -3.55. The van der Waals surface area contributed by atoms with Crippen LogP contribution in [0.1, 0.15) is 23.2 Å². The van der Waals surface area contributed by atoms with E-state index in [1.165, 1.54) is 11.4 Å². The summed E-state index contributed by atoms with van der Waals surface area (Å²) in [5.74, 6) is 0.316. The zero-order chi connectivity index (χ0) is 21.7. The molecule has 0 spiro atoms. The van der Waals surface area contributed by atoms with Crippen molar-refractivity contribution in [3.8, 4) is 11.5 Å². The Morgan fingerprint density at radius 1 is 1.10 bits per heavy atom. The number of amides is 1. The normalized spacial score (nSPS) is 12.3. The van der Waals surface area contributed by atoms with E-state index in [2.05, 4.69) is 10.1 Å². The molecule has 0 saturated heterocycles. The number of sulfonamides is 1. The van der Waals surface area contributed by atoms with Crippen LogP contribution in [0.2, 0.25) is 0 Å². The van der Waals surface area contributed by atoms with Gasteiger partial charge in [-0.2, -0.15) is 0 Å². The number of carbonyl (C=O) groups excluding carboxylic acids is 2. The lowest BCUT2D eigenvalue weighted by Gasteiger charge is -2.22. The van der Waals surface area contributed by atoms with Gasteiger partial charge in [-0.3, -0.25) is 9.10 Å². The van der Waals surface area contributed by atoms with E-state index < -0.39 is 16.0 Å². The standard InChI is InChI=1S/C20H22N2O7S/c1-27-20(24)14-5-7-15(8-6-14)21-19(23)4-3-11-22(30(2,25)26)16-9-10-17-18(12-16)29-13-28-17/h5-10,12H,3-4,11,13H2,1-2H3,(H,21,23). The second-order valence-electron chi connectivity index (χ2n) is 6.59. The molecule has 1 N–H and O–H groups in total. The van der Waals surface area contributed by atoms with Crippen LogP contribution in [-0.2, 0) is 19.6 Å². The van der Waals surface area contributed by atoms with Gasteiger partial charge in [0.05, 0.1) is 24.6 Å². The van der Waals surface area contributed by atoms with Crippen LogP contribution in [0.4, 0.5) is 11.4 Å². The maximum Gasteiger partial charge on any atom is 0.337 e. The molecule has 0 bridgehead atoms. The fourth-order valence-corrected chi connectivity index (χ4v) is 3.90. The van der Waals surface area contributed by atoms with Crippen molar-refractivity contribution in [1.82, 2.24) is 0 Å². The van der Waals surface area contributed by atoms with Gasteiger partial charge < -0.3 is 19.5 Å². The third-order valence-electron chi connectivity index (χ3n) is 4.40. The highest BCUT2D eigenvalue weighted by atomic mass is 32.2. The molecule has 0 aromatic heterocycles. The lowest BCUT2D eigenvalue weighted by atomic mass is 10.2. The van der Waals surface area contributed by atoms with Crippen molar-refractivity contribution in [3.05, 3.63) is 48.0 Å². The molecule has 1 amide bonds. The highest BCUT2D eigenvalue weighted by molar-refractivity contribution is 7.92. The van der Waals surface area contributed by atoms with Gasteiger partial charge in [0.2, 0.25) is 22.7 Å². The average molecular weight is 434 g/mol. The second kappa shape index (κ2) is 9.04. The molecule has 1 aliphatic rings. The second-order valence-corrected chi connectivity index (χ2v) is 8.50. The Bertz CT molecular complexity index is 1040. The fourth-order valence-electron chi connectivity index (χ4n) is 2.94. The van der Waals surface area contributed by atoms with Gasteiger partial charge in [-0.05, 0) is 42.8 Å². The first-order valence-corrected chi connectivity index (χ1v) is 11.0. The van der Waals surface area contributed by atoms with Crippen molar-refractivity contribution in [3.63, 3.8) is 0 Å². The van der Waals surface area contributed by atoms with Crippen LogP contribution in [0.25, 0.3) is 0 Å². The van der Waals surface area contributed by atoms with Crippen molar-refractivity contribution < 1.29 is 32.2 Å². The van der Waals surface area contributed by atoms with Crippen molar-refractivity contribution in [2.75, 3.05) is 36.3 Å². The van der Waals surface area contributed by atoms with Crippen LogP contribution in [-0.4, -0.2) is 47.0 Å². The maximum absolute atomic E-state index is 12.2. The molecule has 30 heavy (non-hydrogen) atoms. The Kier molecular flexibility index (Phi) is 6.46. The molecule has 2 aromatic carbocycles. The van der Waals surface area contributed by atoms with E-state index >= 15 is 0 Å². The number of carbonyl (C=O) groups is 2. The smallest absolute Gasteiger partial charge is 0.337 e. The number of fused-ring (bicyclic) bond motifs is 1. The monoisotopic (exact) mass is 434 g/mol. The van der Waals surface area contributed by atoms with Crippen LogP contribution in [0.5, 0.6) is 11.5 Å². The van der Waals surface area contributed by atoms with Gasteiger partial charge in [0.25, 0.3) is 0 Å². The first-order valence-electron chi connectivity index (χ1n) is 9.13.